The van der Waals surface area contributed by atoms with Crippen LogP contribution in [0.2, 0.25) is 0 Å². The van der Waals surface area contributed by atoms with Crippen LogP contribution in [0.15, 0.2) is 60.7 Å². The summed E-state index contributed by atoms with van der Waals surface area (Å²) in [7, 11) is -3.07. The van der Waals surface area contributed by atoms with E-state index < -0.39 is 9.84 Å². The van der Waals surface area contributed by atoms with Gasteiger partial charge in [-0.2, -0.15) is 0 Å². The summed E-state index contributed by atoms with van der Waals surface area (Å²) >= 11 is 0. The number of sulfone groups is 1. The van der Waals surface area contributed by atoms with Crippen molar-refractivity contribution in [3.63, 3.8) is 0 Å². The van der Waals surface area contributed by atoms with Crippen LogP contribution in [-0.4, -0.2) is 49.9 Å². The predicted molar refractivity (Wildman–Crippen MR) is 120 cm³/mol. The Hall–Kier alpha value is -2.60. The molecule has 2 aromatic carbocycles. The highest BCUT2D eigenvalue weighted by Crippen LogP contribution is 2.20. The van der Waals surface area contributed by atoms with Gasteiger partial charge in [-0.05, 0) is 48.6 Å². The molecule has 1 aliphatic rings. The monoisotopic (exact) mass is 427 g/mol. The molecule has 30 heavy (non-hydrogen) atoms. The first kappa shape index (κ1) is 22.1. The summed E-state index contributed by atoms with van der Waals surface area (Å²) < 4.78 is 29.5. The van der Waals surface area contributed by atoms with E-state index in [1.807, 2.05) is 54.6 Å². The molecule has 0 aromatic heterocycles. The number of benzene rings is 2. The molecule has 0 radical (unpaired) electrons. The van der Waals surface area contributed by atoms with Gasteiger partial charge in [-0.15, -0.1) is 0 Å². The summed E-state index contributed by atoms with van der Waals surface area (Å²) in [6.45, 7) is 3.23. The fourth-order valence-corrected chi connectivity index (χ4v) is 5.28. The molecule has 2 aromatic rings. The highest BCUT2D eigenvalue weighted by molar-refractivity contribution is 7.91. The van der Waals surface area contributed by atoms with Crippen molar-refractivity contribution < 1.29 is 17.9 Å². The molecule has 1 unspecified atom stereocenters. The number of rotatable bonds is 9. The van der Waals surface area contributed by atoms with E-state index in [0.717, 1.165) is 23.3 Å². The van der Waals surface area contributed by atoms with Crippen LogP contribution in [-0.2, 0) is 21.1 Å². The molecule has 1 amide bonds. The smallest absolute Gasteiger partial charge is 0.246 e. The van der Waals surface area contributed by atoms with Crippen molar-refractivity contribution in [2.45, 2.75) is 32.2 Å². The van der Waals surface area contributed by atoms with E-state index in [4.69, 9.17) is 4.74 Å². The number of hydrogen-bond donors (Lipinski definition) is 0. The molecule has 3 rings (SSSR count). The first-order valence-electron chi connectivity index (χ1n) is 10.4. The lowest BCUT2D eigenvalue weighted by Crippen LogP contribution is -2.41. The summed E-state index contributed by atoms with van der Waals surface area (Å²) in [6, 6.07) is 17.2. The van der Waals surface area contributed by atoms with Gasteiger partial charge in [-0.25, -0.2) is 8.42 Å². The van der Waals surface area contributed by atoms with Gasteiger partial charge in [0.15, 0.2) is 9.84 Å². The summed E-state index contributed by atoms with van der Waals surface area (Å²) in [5.74, 6) is 0.848. The standard InChI is InChI=1S/C24H29NO4S/c1-2-17-29-23-11-8-21(9-12-23)10-13-24(26)25(22-15-18-30(27,28)19-22)16-14-20-6-4-3-5-7-20/h3-13,22H,2,14-19H2,1H3. The first-order chi connectivity index (χ1) is 14.5. The van der Waals surface area contributed by atoms with E-state index in [1.54, 1.807) is 11.0 Å². The molecule has 1 saturated heterocycles. The summed E-state index contributed by atoms with van der Waals surface area (Å²) in [4.78, 5) is 14.7. The Labute approximate surface area is 179 Å². The third-order valence-corrected chi connectivity index (χ3v) is 6.94. The van der Waals surface area contributed by atoms with E-state index in [2.05, 4.69) is 6.92 Å². The van der Waals surface area contributed by atoms with Crippen LogP contribution in [0.4, 0.5) is 0 Å². The Morgan fingerprint density at radius 1 is 1.13 bits per heavy atom. The van der Waals surface area contributed by atoms with Crippen molar-refractivity contribution in [3.8, 4) is 5.75 Å². The fourth-order valence-electron chi connectivity index (χ4n) is 3.55. The van der Waals surface area contributed by atoms with Crippen molar-refractivity contribution >= 4 is 21.8 Å². The molecular formula is C24H29NO4S. The van der Waals surface area contributed by atoms with E-state index in [9.17, 15) is 13.2 Å². The number of ether oxygens (including phenoxy) is 1. The maximum Gasteiger partial charge on any atom is 0.246 e. The largest absolute Gasteiger partial charge is 0.494 e. The molecule has 6 heteroatoms. The maximum absolute atomic E-state index is 13.0. The average Bonchev–Trinajstić information content (AvgIpc) is 3.11. The molecule has 1 fully saturated rings. The quantitative estimate of drug-likeness (QED) is 0.572. The first-order valence-corrected chi connectivity index (χ1v) is 12.2. The number of amides is 1. The maximum atomic E-state index is 13.0. The van der Waals surface area contributed by atoms with Crippen molar-refractivity contribution in [3.05, 3.63) is 71.8 Å². The average molecular weight is 428 g/mol. The van der Waals surface area contributed by atoms with Gasteiger partial charge in [-0.3, -0.25) is 4.79 Å². The van der Waals surface area contributed by atoms with E-state index in [0.29, 0.717) is 26.0 Å². The van der Waals surface area contributed by atoms with Crippen molar-refractivity contribution in [2.75, 3.05) is 24.7 Å². The van der Waals surface area contributed by atoms with Gasteiger partial charge in [0.2, 0.25) is 5.91 Å². The van der Waals surface area contributed by atoms with Gasteiger partial charge in [0.25, 0.3) is 0 Å². The van der Waals surface area contributed by atoms with E-state index in [-0.39, 0.29) is 23.5 Å². The van der Waals surface area contributed by atoms with Crippen LogP contribution < -0.4 is 4.74 Å². The minimum atomic E-state index is -3.07. The fraction of sp³-hybridized carbons (Fsp3) is 0.375. The van der Waals surface area contributed by atoms with Crippen LogP contribution in [0.25, 0.3) is 6.08 Å². The van der Waals surface area contributed by atoms with Gasteiger partial charge in [0.05, 0.1) is 18.1 Å². The second kappa shape index (κ2) is 10.4. The minimum absolute atomic E-state index is 0.0465. The lowest BCUT2D eigenvalue weighted by molar-refractivity contribution is -0.127. The third-order valence-electron chi connectivity index (χ3n) is 5.19. The van der Waals surface area contributed by atoms with E-state index >= 15 is 0 Å². The topological polar surface area (TPSA) is 63.7 Å². The minimum Gasteiger partial charge on any atom is -0.494 e. The van der Waals surface area contributed by atoms with Crippen LogP contribution >= 0.6 is 0 Å². The molecular weight excluding hydrogens is 398 g/mol. The second-order valence-corrected chi connectivity index (χ2v) is 9.80. The Bertz CT molecular complexity index is 952. The third kappa shape index (κ3) is 6.46. The van der Waals surface area contributed by atoms with Crippen molar-refractivity contribution in [1.29, 1.82) is 0 Å². The molecule has 0 aliphatic carbocycles. The second-order valence-electron chi connectivity index (χ2n) is 7.57. The Kier molecular flexibility index (Phi) is 7.69. The highest BCUT2D eigenvalue weighted by atomic mass is 32.2. The molecule has 0 bridgehead atoms. The Morgan fingerprint density at radius 3 is 2.50 bits per heavy atom. The number of nitrogens with zero attached hydrogens (tertiary/aromatic N) is 1. The number of hydrogen-bond acceptors (Lipinski definition) is 4. The zero-order chi connectivity index (χ0) is 21.4. The molecule has 160 valence electrons. The molecule has 0 saturated carbocycles. The van der Waals surface area contributed by atoms with Crippen molar-refractivity contribution in [1.82, 2.24) is 4.90 Å². The molecule has 5 nitrogen and oxygen atoms in total. The van der Waals surface area contributed by atoms with Crippen LogP contribution in [0, 0.1) is 0 Å². The molecule has 1 heterocycles. The SMILES string of the molecule is CCCOc1ccc(C=CC(=O)N(CCc2ccccc2)C2CCS(=O)(=O)C2)cc1. The van der Waals surface area contributed by atoms with Gasteiger partial charge >= 0.3 is 0 Å². The molecule has 0 spiro atoms. The number of carbonyl (C=O) groups excluding carboxylic acids is 1. The van der Waals surface area contributed by atoms with Crippen molar-refractivity contribution in [2.24, 2.45) is 0 Å². The molecule has 0 N–H and O–H groups in total. The lowest BCUT2D eigenvalue weighted by atomic mass is 10.1. The zero-order valence-corrected chi connectivity index (χ0v) is 18.2. The van der Waals surface area contributed by atoms with E-state index in [1.165, 1.54) is 6.08 Å². The Balaban J connectivity index is 1.68. The molecule has 1 aliphatic heterocycles. The summed E-state index contributed by atoms with van der Waals surface area (Å²) in [5, 5.41) is 0. The normalized spacial score (nSPS) is 17.8. The van der Waals surface area contributed by atoms with Crippen LogP contribution in [0.3, 0.4) is 0 Å². The predicted octanol–water partition coefficient (Wildman–Crippen LogP) is 3.75. The van der Waals surface area contributed by atoms with Gasteiger partial charge in [0, 0.05) is 18.7 Å². The number of carbonyl (C=O) groups is 1. The van der Waals surface area contributed by atoms with Crippen LogP contribution in [0.1, 0.15) is 30.9 Å². The summed E-state index contributed by atoms with van der Waals surface area (Å²) in [5.41, 5.74) is 2.03. The summed E-state index contributed by atoms with van der Waals surface area (Å²) in [6.07, 6.45) is 5.45. The van der Waals surface area contributed by atoms with Gasteiger partial charge in [0.1, 0.15) is 5.75 Å². The van der Waals surface area contributed by atoms with Crippen LogP contribution in [0.5, 0.6) is 5.75 Å². The Morgan fingerprint density at radius 2 is 1.87 bits per heavy atom. The molecule has 1 atom stereocenters. The highest BCUT2D eigenvalue weighted by Gasteiger charge is 2.33. The zero-order valence-electron chi connectivity index (χ0n) is 17.4. The van der Waals surface area contributed by atoms with Gasteiger partial charge in [-0.1, -0.05) is 49.4 Å². The lowest BCUT2D eigenvalue weighted by Gasteiger charge is -2.27. The van der Waals surface area contributed by atoms with Gasteiger partial charge < -0.3 is 9.64 Å².